The molecule has 3 aromatic rings. The van der Waals surface area contributed by atoms with Crippen LogP contribution >= 0.6 is 0 Å². The van der Waals surface area contributed by atoms with Crippen LogP contribution in [0.25, 0.3) is 16.6 Å². The van der Waals surface area contributed by atoms with Crippen molar-refractivity contribution in [3.05, 3.63) is 64.5 Å². The molecule has 3 rings (SSSR count). The maximum atomic E-state index is 14.4. The van der Waals surface area contributed by atoms with Crippen LogP contribution in [0.5, 0.6) is 0 Å². The molecule has 0 spiro atoms. The summed E-state index contributed by atoms with van der Waals surface area (Å²) < 4.78 is 22.5. The fourth-order valence-corrected chi connectivity index (χ4v) is 2.54. The van der Waals surface area contributed by atoms with E-state index in [2.05, 4.69) is 0 Å². The number of aromatic nitrogens is 2. The van der Waals surface area contributed by atoms with Gasteiger partial charge in [-0.2, -0.15) is 0 Å². The summed E-state index contributed by atoms with van der Waals surface area (Å²) >= 11 is 0. The zero-order valence-electron chi connectivity index (χ0n) is 12.7. The highest BCUT2D eigenvalue weighted by Crippen LogP contribution is 2.21. The first-order valence-electron chi connectivity index (χ1n) is 7.16. The summed E-state index contributed by atoms with van der Waals surface area (Å²) in [5.74, 6) is -1.24. The van der Waals surface area contributed by atoms with Crippen molar-refractivity contribution < 1.29 is 13.9 Å². The highest BCUT2D eigenvalue weighted by atomic mass is 19.1. The van der Waals surface area contributed by atoms with Gasteiger partial charge in [-0.05, 0) is 31.2 Å². The molecule has 0 fully saturated rings. The van der Waals surface area contributed by atoms with E-state index in [9.17, 15) is 14.0 Å². The quantitative estimate of drug-likeness (QED) is 0.698. The molecule has 0 bridgehead atoms. The smallest absolute Gasteiger partial charge is 0.343 e. The SMILES string of the molecule is CCOC(=O)c1cn(C)c2cc(-n3cccc3)c(F)cc2c1=O. The van der Waals surface area contributed by atoms with E-state index in [1.165, 1.54) is 6.20 Å². The number of rotatable bonds is 3. The average Bonchev–Trinajstić information content (AvgIpc) is 3.04. The van der Waals surface area contributed by atoms with E-state index in [0.717, 1.165) is 6.07 Å². The Labute approximate surface area is 131 Å². The van der Waals surface area contributed by atoms with Crippen molar-refractivity contribution in [3.63, 3.8) is 0 Å². The van der Waals surface area contributed by atoms with Gasteiger partial charge in [0.1, 0.15) is 11.4 Å². The molecule has 0 aliphatic heterocycles. The van der Waals surface area contributed by atoms with E-state index in [-0.39, 0.29) is 17.6 Å². The minimum Gasteiger partial charge on any atom is -0.462 e. The van der Waals surface area contributed by atoms with E-state index in [0.29, 0.717) is 11.2 Å². The Hall–Kier alpha value is -2.89. The fraction of sp³-hybridized carbons (Fsp3) is 0.176. The summed E-state index contributed by atoms with van der Waals surface area (Å²) in [6.07, 6.45) is 4.85. The number of halogens is 1. The van der Waals surface area contributed by atoms with Crippen molar-refractivity contribution in [2.45, 2.75) is 6.92 Å². The first kappa shape index (κ1) is 15.0. The predicted molar refractivity (Wildman–Crippen MR) is 84.4 cm³/mol. The van der Waals surface area contributed by atoms with Crippen LogP contribution in [0, 0.1) is 5.82 Å². The average molecular weight is 314 g/mol. The Kier molecular flexibility index (Phi) is 3.73. The maximum Gasteiger partial charge on any atom is 0.343 e. The summed E-state index contributed by atoms with van der Waals surface area (Å²) in [6.45, 7) is 1.83. The van der Waals surface area contributed by atoms with Gasteiger partial charge in [-0.3, -0.25) is 4.79 Å². The second-order valence-corrected chi connectivity index (χ2v) is 5.11. The highest BCUT2D eigenvalue weighted by molar-refractivity contribution is 5.94. The molecule has 0 amide bonds. The number of hydrogen-bond donors (Lipinski definition) is 0. The molecule has 1 aromatic carbocycles. The minimum atomic E-state index is -0.704. The largest absolute Gasteiger partial charge is 0.462 e. The third-order valence-electron chi connectivity index (χ3n) is 3.64. The van der Waals surface area contributed by atoms with Gasteiger partial charge in [0.25, 0.3) is 0 Å². The number of ether oxygens (including phenoxy) is 1. The molecule has 0 aliphatic carbocycles. The van der Waals surface area contributed by atoms with Crippen LogP contribution in [0.3, 0.4) is 0 Å². The fourth-order valence-electron chi connectivity index (χ4n) is 2.54. The van der Waals surface area contributed by atoms with Crippen LogP contribution in [0.15, 0.2) is 47.7 Å². The monoisotopic (exact) mass is 314 g/mol. The van der Waals surface area contributed by atoms with Gasteiger partial charge in [-0.1, -0.05) is 0 Å². The van der Waals surface area contributed by atoms with Crippen molar-refractivity contribution >= 4 is 16.9 Å². The van der Waals surface area contributed by atoms with Crippen LogP contribution in [0.2, 0.25) is 0 Å². The predicted octanol–water partition coefficient (Wildman–Crippen LogP) is 2.65. The number of aryl methyl sites for hydroxylation is 1. The van der Waals surface area contributed by atoms with Gasteiger partial charge in [0.05, 0.1) is 17.8 Å². The van der Waals surface area contributed by atoms with Crippen molar-refractivity contribution in [2.75, 3.05) is 6.61 Å². The molecular weight excluding hydrogens is 299 g/mol. The number of nitrogens with zero attached hydrogens (tertiary/aromatic N) is 2. The van der Waals surface area contributed by atoms with Gasteiger partial charge in [0.2, 0.25) is 5.43 Å². The first-order chi connectivity index (χ1) is 11.0. The van der Waals surface area contributed by atoms with Gasteiger partial charge < -0.3 is 13.9 Å². The van der Waals surface area contributed by atoms with Gasteiger partial charge in [0, 0.05) is 31.0 Å². The van der Waals surface area contributed by atoms with Crippen LogP contribution in [0.4, 0.5) is 4.39 Å². The molecule has 5 nitrogen and oxygen atoms in total. The lowest BCUT2D eigenvalue weighted by Crippen LogP contribution is -2.20. The van der Waals surface area contributed by atoms with E-state index in [1.54, 1.807) is 53.7 Å². The maximum absolute atomic E-state index is 14.4. The zero-order valence-corrected chi connectivity index (χ0v) is 12.7. The standard InChI is InChI=1S/C17H15FN2O3/c1-3-23-17(22)12-10-19(2)14-9-15(20-6-4-5-7-20)13(18)8-11(14)16(12)21/h4-10H,3H2,1-2H3. The van der Waals surface area contributed by atoms with Crippen molar-refractivity contribution in [3.8, 4) is 5.69 Å². The first-order valence-corrected chi connectivity index (χ1v) is 7.16. The van der Waals surface area contributed by atoms with E-state index in [1.807, 2.05) is 0 Å². The lowest BCUT2D eigenvalue weighted by molar-refractivity contribution is 0.0524. The Balaban J connectivity index is 2.27. The van der Waals surface area contributed by atoms with Gasteiger partial charge in [0.15, 0.2) is 0 Å². The molecule has 118 valence electrons. The lowest BCUT2D eigenvalue weighted by Gasteiger charge is -2.12. The Bertz CT molecular complexity index is 943. The zero-order chi connectivity index (χ0) is 16.6. The van der Waals surface area contributed by atoms with E-state index in [4.69, 9.17) is 4.74 Å². The van der Waals surface area contributed by atoms with Gasteiger partial charge in [-0.25, -0.2) is 9.18 Å². The molecule has 0 saturated carbocycles. The van der Waals surface area contributed by atoms with Gasteiger partial charge in [-0.15, -0.1) is 0 Å². The highest BCUT2D eigenvalue weighted by Gasteiger charge is 2.17. The molecule has 0 atom stereocenters. The number of pyridine rings is 1. The molecule has 2 aromatic heterocycles. The molecule has 0 aliphatic rings. The summed E-state index contributed by atoms with van der Waals surface area (Å²) in [6, 6.07) is 6.32. The summed E-state index contributed by atoms with van der Waals surface area (Å²) in [7, 11) is 1.70. The Morgan fingerprint density at radius 3 is 2.61 bits per heavy atom. The molecule has 0 unspecified atom stereocenters. The molecule has 0 saturated heterocycles. The molecule has 0 radical (unpaired) electrons. The van der Waals surface area contributed by atoms with Crippen molar-refractivity contribution in [2.24, 2.45) is 7.05 Å². The van der Waals surface area contributed by atoms with Crippen molar-refractivity contribution in [1.29, 1.82) is 0 Å². The molecule has 0 N–H and O–H groups in total. The topological polar surface area (TPSA) is 53.2 Å². The number of carbonyl (C=O) groups is 1. The lowest BCUT2D eigenvalue weighted by atomic mass is 10.1. The third kappa shape index (κ3) is 2.52. The number of benzene rings is 1. The molecule has 23 heavy (non-hydrogen) atoms. The third-order valence-corrected chi connectivity index (χ3v) is 3.64. The Morgan fingerprint density at radius 1 is 1.26 bits per heavy atom. The molecule has 2 heterocycles. The van der Waals surface area contributed by atoms with Crippen molar-refractivity contribution in [1.82, 2.24) is 9.13 Å². The minimum absolute atomic E-state index is 0.102. The van der Waals surface area contributed by atoms with E-state index < -0.39 is 17.2 Å². The summed E-state index contributed by atoms with van der Waals surface area (Å²) in [5.41, 5.74) is 0.235. The van der Waals surface area contributed by atoms with Crippen LogP contribution in [0.1, 0.15) is 17.3 Å². The second-order valence-electron chi connectivity index (χ2n) is 5.11. The summed E-state index contributed by atoms with van der Waals surface area (Å²) in [4.78, 5) is 24.3. The molecule has 6 heteroatoms. The van der Waals surface area contributed by atoms with Crippen LogP contribution < -0.4 is 5.43 Å². The Morgan fingerprint density at radius 2 is 1.96 bits per heavy atom. The van der Waals surface area contributed by atoms with E-state index >= 15 is 0 Å². The van der Waals surface area contributed by atoms with Crippen LogP contribution in [-0.2, 0) is 11.8 Å². The molecular formula is C17H15FN2O3. The number of esters is 1. The number of carbonyl (C=O) groups excluding carboxylic acids is 1. The van der Waals surface area contributed by atoms with Gasteiger partial charge >= 0.3 is 5.97 Å². The number of fused-ring (bicyclic) bond motifs is 1. The normalized spacial score (nSPS) is 10.9. The van der Waals surface area contributed by atoms with Crippen LogP contribution in [-0.4, -0.2) is 21.7 Å². The second kappa shape index (κ2) is 5.72. The summed E-state index contributed by atoms with van der Waals surface area (Å²) in [5, 5.41) is 0.145. The number of hydrogen-bond acceptors (Lipinski definition) is 3.